The molecule has 0 aliphatic rings. The summed E-state index contributed by atoms with van der Waals surface area (Å²) in [5, 5.41) is 20.7. The van der Waals surface area contributed by atoms with E-state index in [1.807, 2.05) is 5.38 Å². The van der Waals surface area contributed by atoms with Crippen molar-refractivity contribution in [1.82, 2.24) is 5.32 Å². The molecule has 1 amide bonds. The molecule has 0 bridgehead atoms. The van der Waals surface area contributed by atoms with Crippen molar-refractivity contribution in [3.63, 3.8) is 0 Å². The van der Waals surface area contributed by atoms with E-state index in [4.69, 9.17) is 0 Å². The third-order valence-electron chi connectivity index (χ3n) is 3.11. The standard InChI is InChI=1S/C15H17N3O3S2/c1-16-14-3-2-12(18(20)21)8-13(14)15(19)17-5-7-23-10-11-4-6-22-9-11/h2-4,6,8-9,16H,5,7,10H2,1H3,(H,17,19). The number of rotatable bonds is 8. The first-order chi connectivity index (χ1) is 11.1. The van der Waals surface area contributed by atoms with Crippen LogP contribution in [0.15, 0.2) is 35.0 Å². The number of nitro benzene ring substituents is 1. The molecule has 0 unspecified atom stereocenters. The van der Waals surface area contributed by atoms with E-state index >= 15 is 0 Å². The predicted octanol–water partition coefficient (Wildman–Crippen LogP) is 3.36. The number of thiophene rings is 1. The number of nitrogens with one attached hydrogen (secondary N) is 2. The monoisotopic (exact) mass is 351 g/mol. The summed E-state index contributed by atoms with van der Waals surface area (Å²) in [6.07, 6.45) is 0. The van der Waals surface area contributed by atoms with E-state index in [0.29, 0.717) is 12.2 Å². The second-order valence-corrected chi connectivity index (χ2v) is 6.56. The largest absolute Gasteiger partial charge is 0.387 e. The number of anilines is 1. The highest BCUT2D eigenvalue weighted by Gasteiger charge is 2.15. The highest BCUT2D eigenvalue weighted by molar-refractivity contribution is 7.98. The Balaban J connectivity index is 1.87. The van der Waals surface area contributed by atoms with Gasteiger partial charge in [0, 0.05) is 42.9 Å². The fourth-order valence-corrected chi connectivity index (χ4v) is 3.53. The van der Waals surface area contributed by atoms with Gasteiger partial charge in [0.25, 0.3) is 11.6 Å². The zero-order valence-corrected chi connectivity index (χ0v) is 14.2. The summed E-state index contributed by atoms with van der Waals surface area (Å²) in [4.78, 5) is 22.5. The summed E-state index contributed by atoms with van der Waals surface area (Å²) < 4.78 is 0. The quantitative estimate of drug-likeness (QED) is 0.433. The lowest BCUT2D eigenvalue weighted by atomic mass is 10.1. The van der Waals surface area contributed by atoms with E-state index < -0.39 is 4.92 Å². The Bertz CT molecular complexity index is 675. The van der Waals surface area contributed by atoms with Crippen LogP contribution < -0.4 is 10.6 Å². The van der Waals surface area contributed by atoms with Gasteiger partial charge in [0.05, 0.1) is 10.5 Å². The number of amides is 1. The minimum atomic E-state index is -0.507. The molecular weight excluding hydrogens is 334 g/mol. The molecule has 0 spiro atoms. The van der Waals surface area contributed by atoms with Gasteiger partial charge in [-0.05, 0) is 28.5 Å². The molecule has 0 atom stereocenters. The zero-order chi connectivity index (χ0) is 16.7. The lowest BCUT2D eigenvalue weighted by molar-refractivity contribution is -0.384. The van der Waals surface area contributed by atoms with Gasteiger partial charge in [-0.3, -0.25) is 14.9 Å². The van der Waals surface area contributed by atoms with E-state index in [0.717, 1.165) is 11.5 Å². The molecule has 0 fully saturated rings. The van der Waals surface area contributed by atoms with E-state index in [1.54, 1.807) is 36.2 Å². The average molecular weight is 351 g/mol. The number of carbonyl (C=O) groups excluding carboxylic acids is 1. The van der Waals surface area contributed by atoms with Crippen LogP contribution in [-0.2, 0) is 5.75 Å². The summed E-state index contributed by atoms with van der Waals surface area (Å²) in [6, 6.07) is 6.29. The molecule has 0 aliphatic heterocycles. The zero-order valence-electron chi connectivity index (χ0n) is 12.6. The van der Waals surface area contributed by atoms with Crippen molar-refractivity contribution in [2.45, 2.75) is 5.75 Å². The molecule has 122 valence electrons. The maximum atomic E-state index is 12.2. The number of non-ortho nitro benzene ring substituents is 1. The van der Waals surface area contributed by atoms with Gasteiger partial charge in [0.2, 0.25) is 0 Å². The van der Waals surface area contributed by atoms with Crippen molar-refractivity contribution < 1.29 is 9.72 Å². The fraction of sp³-hybridized carbons (Fsp3) is 0.267. The topological polar surface area (TPSA) is 84.3 Å². The number of nitrogens with zero attached hydrogens (tertiary/aromatic N) is 1. The molecule has 6 nitrogen and oxygen atoms in total. The highest BCUT2D eigenvalue weighted by atomic mass is 32.2. The van der Waals surface area contributed by atoms with Gasteiger partial charge >= 0.3 is 0 Å². The molecule has 2 N–H and O–H groups in total. The van der Waals surface area contributed by atoms with Crippen molar-refractivity contribution in [3.05, 3.63) is 56.3 Å². The SMILES string of the molecule is CNc1ccc([N+](=O)[O-])cc1C(=O)NCCSCc1ccsc1. The minimum absolute atomic E-state index is 0.0963. The number of thioether (sulfide) groups is 1. The molecule has 1 aromatic heterocycles. The van der Waals surface area contributed by atoms with Gasteiger partial charge < -0.3 is 10.6 Å². The average Bonchev–Trinajstić information content (AvgIpc) is 3.07. The van der Waals surface area contributed by atoms with Crippen LogP contribution in [0.4, 0.5) is 11.4 Å². The van der Waals surface area contributed by atoms with Crippen LogP contribution in [0.1, 0.15) is 15.9 Å². The van der Waals surface area contributed by atoms with Gasteiger partial charge in [-0.25, -0.2) is 0 Å². The molecule has 1 heterocycles. The Morgan fingerprint density at radius 3 is 2.87 bits per heavy atom. The first-order valence-corrected chi connectivity index (χ1v) is 9.04. The minimum Gasteiger partial charge on any atom is -0.387 e. The van der Waals surface area contributed by atoms with Crippen molar-refractivity contribution in [1.29, 1.82) is 0 Å². The first kappa shape index (κ1) is 17.3. The van der Waals surface area contributed by atoms with E-state index in [1.165, 1.54) is 17.7 Å². The molecule has 8 heteroatoms. The second kappa shape index (κ2) is 8.54. The Kier molecular flexibility index (Phi) is 6.42. The Morgan fingerprint density at radius 1 is 1.39 bits per heavy atom. The predicted molar refractivity (Wildman–Crippen MR) is 95.5 cm³/mol. The fourth-order valence-electron chi connectivity index (χ4n) is 1.95. The molecule has 0 radical (unpaired) electrons. The maximum absolute atomic E-state index is 12.2. The smallest absolute Gasteiger partial charge is 0.270 e. The molecule has 23 heavy (non-hydrogen) atoms. The number of hydrogen-bond acceptors (Lipinski definition) is 6. The molecular formula is C15H17N3O3S2. The molecule has 1 aromatic carbocycles. The molecule has 0 saturated heterocycles. The lowest BCUT2D eigenvalue weighted by Gasteiger charge is -2.09. The Hall–Kier alpha value is -2.06. The normalized spacial score (nSPS) is 10.3. The maximum Gasteiger partial charge on any atom is 0.270 e. The van der Waals surface area contributed by atoms with Gasteiger partial charge in [0.15, 0.2) is 0 Å². The third kappa shape index (κ3) is 4.97. The molecule has 0 saturated carbocycles. The van der Waals surface area contributed by atoms with Crippen LogP contribution in [0, 0.1) is 10.1 Å². The number of carbonyl (C=O) groups is 1. The summed E-state index contributed by atoms with van der Waals surface area (Å²) in [5.74, 6) is 1.39. The van der Waals surface area contributed by atoms with Crippen molar-refractivity contribution in [3.8, 4) is 0 Å². The molecule has 2 aromatic rings. The van der Waals surface area contributed by atoms with Gasteiger partial charge in [-0.1, -0.05) is 0 Å². The summed E-state index contributed by atoms with van der Waals surface area (Å²) in [7, 11) is 1.68. The van der Waals surface area contributed by atoms with Crippen molar-refractivity contribution >= 4 is 40.4 Å². The van der Waals surface area contributed by atoms with Crippen molar-refractivity contribution in [2.24, 2.45) is 0 Å². The highest BCUT2D eigenvalue weighted by Crippen LogP contribution is 2.21. The molecule has 2 rings (SSSR count). The van der Waals surface area contributed by atoms with Gasteiger partial charge in [-0.15, -0.1) is 0 Å². The molecule has 0 aliphatic carbocycles. The van der Waals surface area contributed by atoms with Gasteiger partial charge in [0.1, 0.15) is 0 Å². The first-order valence-electron chi connectivity index (χ1n) is 6.95. The van der Waals surface area contributed by atoms with E-state index in [9.17, 15) is 14.9 Å². The van der Waals surface area contributed by atoms with E-state index in [-0.39, 0.29) is 17.2 Å². The summed E-state index contributed by atoms with van der Waals surface area (Å²) in [5.41, 5.74) is 2.03. The van der Waals surface area contributed by atoms with Crippen LogP contribution in [0.2, 0.25) is 0 Å². The summed E-state index contributed by atoms with van der Waals surface area (Å²) >= 11 is 3.40. The third-order valence-corrected chi connectivity index (χ3v) is 4.87. The van der Waals surface area contributed by atoms with Gasteiger partial charge in [-0.2, -0.15) is 23.1 Å². The second-order valence-electron chi connectivity index (χ2n) is 4.68. The summed E-state index contributed by atoms with van der Waals surface area (Å²) in [6.45, 7) is 0.513. The van der Waals surface area contributed by atoms with E-state index in [2.05, 4.69) is 22.1 Å². The van der Waals surface area contributed by atoms with Crippen LogP contribution in [0.5, 0.6) is 0 Å². The Morgan fingerprint density at radius 2 is 2.22 bits per heavy atom. The van der Waals surface area contributed by atoms with Crippen molar-refractivity contribution in [2.75, 3.05) is 24.7 Å². The van der Waals surface area contributed by atoms with Crippen LogP contribution in [0.3, 0.4) is 0 Å². The van der Waals surface area contributed by atoms with Crippen LogP contribution in [-0.4, -0.2) is 30.2 Å². The number of hydrogen-bond donors (Lipinski definition) is 2. The number of nitro groups is 1. The Labute approximate surface area is 142 Å². The van der Waals surface area contributed by atoms with Crippen LogP contribution >= 0.6 is 23.1 Å². The van der Waals surface area contributed by atoms with Crippen LogP contribution in [0.25, 0.3) is 0 Å². The number of benzene rings is 1. The lowest BCUT2D eigenvalue weighted by Crippen LogP contribution is -2.26.